The topological polar surface area (TPSA) is 45.3 Å². The summed E-state index contributed by atoms with van der Waals surface area (Å²) in [6.45, 7) is 10.5. The minimum atomic E-state index is 0.222. The average Bonchev–Trinajstić information content (AvgIpc) is 2.80. The molecule has 0 N–H and O–H groups in total. The summed E-state index contributed by atoms with van der Waals surface area (Å²) < 4.78 is 10.9. The van der Waals surface area contributed by atoms with E-state index in [0.717, 1.165) is 57.3 Å². The van der Waals surface area contributed by atoms with Gasteiger partial charge in [-0.1, -0.05) is 37.3 Å². The third-order valence-electron chi connectivity index (χ3n) is 6.02. The highest BCUT2D eigenvalue weighted by Gasteiger charge is 2.23. The third kappa shape index (κ3) is 6.21. The van der Waals surface area contributed by atoms with E-state index in [-0.39, 0.29) is 5.91 Å². The van der Waals surface area contributed by atoms with Crippen LogP contribution in [0.4, 0.5) is 0 Å². The molecular weight excluding hydrogens is 390 g/mol. The normalized spacial score (nSPS) is 14.7. The Morgan fingerprint density at radius 1 is 1.00 bits per heavy atom. The van der Waals surface area contributed by atoms with E-state index in [0.29, 0.717) is 6.54 Å². The van der Waals surface area contributed by atoms with E-state index in [1.54, 1.807) is 14.2 Å². The molecule has 0 bridgehead atoms. The van der Waals surface area contributed by atoms with Crippen LogP contribution < -0.4 is 9.47 Å². The van der Waals surface area contributed by atoms with Gasteiger partial charge in [0.1, 0.15) is 0 Å². The predicted molar refractivity (Wildman–Crippen MR) is 124 cm³/mol. The van der Waals surface area contributed by atoms with Crippen molar-refractivity contribution in [1.29, 1.82) is 0 Å². The Morgan fingerprint density at radius 3 is 2.26 bits per heavy atom. The molecule has 0 aromatic heterocycles. The summed E-state index contributed by atoms with van der Waals surface area (Å²) in [5, 5.41) is 0. The number of piperazine rings is 1. The van der Waals surface area contributed by atoms with Crippen LogP contribution >= 0.6 is 0 Å². The minimum Gasteiger partial charge on any atom is -0.493 e. The monoisotopic (exact) mass is 425 g/mol. The molecule has 2 aromatic carbocycles. The van der Waals surface area contributed by atoms with Gasteiger partial charge in [0.2, 0.25) is 5.91 Å². The maximum absolute atomic E-state index is 12.9. The molecule has 6 nitrogen and oxygen atoms in total. The zero-order valence-corrected chi connectivity index (χ0v) is 19.3. The number of ether oxygens (including phenoxy) is 2. The van der Waals surface area contributed by atoms with Crippen LogP contribution in [-0.2, 0) is 17.9 Å². The van der Waals surface area contributed by atoms with E-state index in [4.69, 9.17) is 9.47 Å². The van der Waals surface area contributed by atoms with Crippen molar-refractivity contribution < 1.29 is 14.3 Å². The van der Waals surface area contributed by atoms with Crippen molar-refractivity contribution in [2.75, 3.05) is 53.5 Å². The first-order valence-corrected chi connectivity index (χ1v) is 11.0. The number of benzene rings is 2. The van der Waals surface area contributed by atoms with Crippen molar-refractivity contribution in [1.82, 2.24) is 14.7 Å². The van der Waals surface area contributed by atoms with E-state index in [1.165, 1.54) is 16.7 Å². The van der Waals surface area contributed by atoms with Crippen LogP contribution in [0.3, 0.4) is 0 Å². The Balaban J connectivity index is 1.51. The molecule has 0 aliphatic carbocycles. The van der Waals surface area contributed by atoms with E-state index < -0.39 is 0 Å². The van der Waals surface area contributed by atoms with Crippen molar-refractivity contribution in [2.24, 2.45) is 0 Å². The number of likely N-dealkylation sites (N-methyl/N-ethyl adjacent to an activating group) is 1. The highest BCUT2D eigenvalue weighted by molar-refractivity contribution is 5.78. The lowest BCUT2D eigenvalue weighted by Crippen LogP contribution is -2.50. The zero-order valence-electron chi connectivity index (χ0n) is 19.3. The first kappa shape index (κ1) is 23.1. The van der Waals surface area contributed by atoms with Gasteiger partial charge in [0.15, 0.2) is 11.5 Å². The maximum atomic E-state index is 12.9. The molecule has 1 saturated heterocycles. The van der Waals surface area contributed by atoms with E-state index in [9.17, 15) is 4.79 Å². The highest BCUT2D eigenvalue weighted by Crippen LogP contribution is 2.31. The second-order valence-electron chi connectivity index (χ2n) is 8.08. The van der Waals surface area contributed by atoms with Gasteiger partial charge >= 0.3 is 0 Å². The first-order chi connectivity index (χ1) is 15.0. The smallest absolute Gasteiger partial charge is 0.236 e. The van der Waals surface area contributed by atoms with Crippen LogP contribution in [0.2, 0.25) is 0 Å². The van der Waals surface area contributed by atoms with Gasteiger partial charge in [-0.15, -0.1) is 0 Å². The summed E-state index contributed by atoms with van der Waals surface area (Å²) in [7, 11) is 3.32. The number of nitrogens with zero attached hydrogens (tertiary/aromatic N) is 3. The van der Waals surface area contributed by atoms with Crippen LogP contribution in [0.25, 0.3) is 0 Å². The Bertz CT molecular complexity index is 849. The summed E-state index contributed by atoms with van der Waals surface area (Å²) in [5.74, 6) is 1.74. The zero-order chi connectivity index (χ0) is 22.2. The second-order valence-corrected chi connectivity index (χ2v) is 8.08. The Kier molecular flexibility index (Phi) is 8.32. The number of amides is 1. The molecule has 1 aliphatic heterocycles. The molecule has 1 amide bonds. The van der Waals surface area contributed by atoms with Crippen LogP contribution in [0, 0.1) is 6.92 Å². The van der Waals surface area contributed by atoms with Gasteiger partial charge in [-0.2, -0.15) is 0 Å². The quantitative estimate of drug-likeness (QED) is 0.618. The SMILES string of the molecule is CCN(CC(=O)N1CCN(Cc2cc(OC)c(OC)cc2C)CC1)Cc1ccccc1. The van der Waals surface area contributed by atoms with Crippen molar-refractivity contribution in [3.05, 3.63) is 59.2 Å². The first-order valence-electron chi connectivity index (χ1n) is 11.0. The Hall–Kier alpha value is -2.57. The number of carbonyl (C=O) groups is 1. The molecule has 31 heavy (non-hydrogen) atoms. The third-order valence-corrected chi connectivity index (χ3v) is 6.02. The van der Waals surface area contributed by atoms with Gasteiger partial charge in [-0.3, -0.25) is 14.6 Å². The van der Waals surface area contributed by atoms with Gasteiger partial charge in [-0.25, -0.2) is 0 Å². The fourth-order valence-corrected chi connectivity index (χ4v) is 4.00. The van der Waals surface area contributed by atoms with E-state index in [2.05, 4.69) is 41.8 Å². The molecule has 1 heterocycles. The van der Waals surface area contributed by atoms with Crippen LogP contribution in [0.1, 0.15) is 23.6 Å². The average molecular weight is 426 g/mol. The standard InChI is InChI=1S/C25H35N3O3/c1-5-26(17-21-9-7-6-8-10-21)19-25(29)28-13-11-27(12-14-28)18-22-16-24(31-4)23(30-3)15-20(22)2/h6-10,15-16H,5,11-14,17-19H2,1-4H3. The van der Waals surface area contributed by atoms with Crippen molar-refractivity contribution in [3.63, 3.8) is 0 Å². The molecule has 6 heteroatoms. The van der Waals surface area contributed by atoms with Crippen LogP contribution in [-0.4, -0.2) is 74.1 Å². The van der Waals surface area contributed by atoms with Crippen molar-refractivity contribution >= 4 is 5.91 Å². The minimum absolute atomic E-state index is 0.222. The van der Waals surface area contributed by atoms with Crippen LogP contribution in [0.15, 0.2) is 42.5 Å². The summed E-state index contributed by atoms with van der Waals surface area (Å²) in [6, 6.07) is 14.4. The number of hydrogen-bond acceptors (Lipinski definition) is 5. The lowest BCUT2D eigenvalue weighted by Gasteiger charge is -2.36. The van der Waals surface area contributed by atoms with Gasteiger partial charge in [0.25, 0.3) is 0 Å². The molecule has 2 aromatic rings. The molecule has 1 fully saturated rings. The Morgan fingerprint density at radius 2 is 1.65 bits per heavy atom. The lowest BCUT2D eigenvalue weighted by atomic mass is 10.1. The molecule has 0 saturated carbocycles. The lowest BCUT2D eigenvalue weighted by molar-refractivity contribution is -0.134. The van der Waals surface area contributed by atoms with Crippen molar-refractivity contribution in [3.8, 4) is 11.5 Å². The van der Waals surface area contributed by atoms with Gasteiger partial charge in [0.05, 0.1) is 20.8 Å². The maximum Gasteiger partial charge on any atom is 0.236 e. The molecule has 168 valence electrons. The number of carbonyl (C=O) groups excluding carboxylic acids is 1. The summed E-state index contributed by atoms with van der Waals surface area (Å²) in [6.07, 6.45) is 0. The molecule has 3 rings (SSSR count). The largest absolute Gasteiger partial charge is 0.493 e. The molecular formula is C25H35N3O3. The van der Waals surface area contributed by atoms with Gasteiger partial charge in [-0.05, 0) is 42.3 Å². The van der Waals surface area contributed by atoms with Gasteiger partial charge < -0.3 is 14.4 Å². The number of hydrogen-bond donors (Lipinski definition) is 0. The van der Waals surface area contributed by atoms with Crippen molar-refractivity contribution in [2.45, 2.75) is 26.9 Å². The summed E-state index contributed by atoms with van der Waals surface area (Å²) in [4.78, 5) is 19.5. The molecule has 0 radical (unpaired) electrons. The molecule has 0 unspecified atom stereocenters. The molecule has 1 aliphatic rings. The second kappa shape index (κ2) is 11.2. The Labute approximate surface area is 186 Å². The fraction of sp³-hybridized carbons (Fsp3) is 0.480. The number of aryl methyl sites for hydroxylation is 1. The summed E-state index contributed by atoms with van der Waals surface area (Å²) >= 11 is 0. The number of methoxy groups -OCH3 is 2. The van der Waals surface area contributed by atoms with Gasteiger partial charge in [0, 0.05) is 39.3 Å². The van der Waals surface area contributed by atoms with E-state index in [1.807, 2.05) is 29.2 Å². The van der Waals surface area contributed by atoms with Crippen LogP contribution in [0.5, 0.6) is 11.5 Å². The summed E-state index contributed by atoms with van der Waals surface area (Å²) in [5.41, 5.74) is 3.67. The molecule has 0 spiro atoms. The predicted octanol–water partition coefficient (Wildman–Crippen LogP) is 3.18. The molecule has 0 atom stereocenters. The highest BCUT2D eigenvalue weighted by atomic mass is 16.5. The fourth-order valence-electron chi connectivity index (χ4n) is 4.00. The van der Waals surface area contributed by atoms with E-state index >= 15 is 0 Å². The number of rotatable bonds is 9.